The zero-order chi connectivity index (χ0) is 30.8. The predicted molar refractivity (Wildman–Crippen MR) is 178 cm³/mol. The van der Waals surface area contributed by atoms with Gasteiger partial charge in [-0.25, -0.2) is 8.42 Å². The Bertz CT molecular complexity index is 1350. The van der Waals surface area contributed by atoms with Gasteiger partial charge >= 0.3 is 0 Å². The minimum absolute atomic E-state index is 0.0804. The molecule has 0 N–H and O–H groups in total. The number of aryl methyl sites for hydroxylation is 1. The second-order valence-corrected chi connectivity index (χ2v) is 14.0. The summed E-state index contributed by atoms with van der Waals surface area (Å²) in [4.78, 5) is 3.82. The van der Waals surface area contributed by atoms with E-state index in [1.807, 2.05) is 12.1 Å². The van der Waals surface area contributed by atoms with Crippen LogP contribution in [-0.4, -0.2) is 20.1 Å². The van der Waals surface area contributed by atoms with E-state index in [1.165, 1.54) is 84.6 Å². The summed E-state index contributed by atoms with van der Waals surface area (Å²) < 4.78 is 37.8. The smallest absolute Gasteiger partial charge is 0.166 e. The largest absolute Gasteiger partial charge is 0.744 e. The molecule has 0 aromatic heterocycles. The minimum atomic E-state index is -4.31. The van der Waals surface area contributed by atoms with Crippen molar-refractivity contribution in [2.24, 2.45) is 0 Å². The monoisotopic (exact) mass is 618 g/mol. The molecule has 0 radical (unpaired) electrons. The van der Waals surface area contributed by atoms with Crippen LogP contribution in [0.3, 0.4) is 0 Å². The van der Waals surface area contributed by atoms with Gasteiger partial charge in [0.2, 0.25) is 0 Å². The van der Waals surface area contributed by atoms with Crippen molar-refractivity contribution in [1.82, 2.24) is 0 Å². The molecule has 0 bridgehead atoms. The number of unbranched alkanes of at least 4 members (excludes halogenated alkanes) is 9. The Morgan fingerprint density at radius 1 is 0.581 bits per heavy atom. The summed E-state index contributed by atoms with van der Waals surface area (Å²) in [6, 6.07) is 36.0. The lowest BCUT2D eigenvalue weighted by Gasteiger charge is -2.08. The highest BCUT2D eigenvalue weighted by Crippen LogP contribution is 2.31. The molecule has 4 aromatic carbocycles. The number of hydrogen-bond donors (Lipinski definition) is 0. The van der Waals surface area contributed by atoms with Crippen LogP contribution in [-0.2, 0) is 27.4 Å². The molecule has 0 fully saturated rings. The van der Waals surface area contributed by atoms with Gasteiger partial charge < -0.3 is 9.29 Å². The van der Waals surface area contributed by atoms with Crippen LogP contribution in [0.5, 0.6) is 5.75 Å². The van der Waals surface area contributed by atoms with Crippen molar-refractivity contribution in [2.75, 3.05) is 7.11 Å². The molecule has 0 atom stereocenters. The average Bonchev–Trinajstić information content (AvgIpc) is 3.04. The van der Waals surface area contributed by atoms with Gasteiger partial charge in [-0.2, -0.15) is 0 Å². The lowest BCUT2D eigenvalue weighted by Crippen LogP contribution is -2.04. The number of hydrogen-bond acceptors (Lipinski definition) is 4. The Labute approximate surface area is 262 Å². The number of methoxy groups -OCH3 is 1. The lowest BCUT2D eigenvalue weighted by molar-refractivity contribution is 0.414. The van der Waals surface area contributed by atoms with Gasteiger partial charge in [-0.05, 0) is 79.1 Å². The van der Waals surface area contributed by atoms with Crippen molar-refractivity contribution >= 4 is 21.0 Å². The molecule has 0 aliphatic rings. The lowest BCUT2D eigenvalue weighted by atomic mass is 10.0. The van der Waals surface area contributed by atoms with Crippen LogP contribution in [0.4, 0.5) is 0 Å². The molecule has 4 nitrogen and oxygen atoms in total. The molecule has 0 saturated carbocycles. The first kappa shape index (κ1) is 34.4. The Balaban J connectivity index is 0.000000235. The highest BCUT2D eigenvalue weighted by atomic mass is 32.2. The van der Waals surface area contributed by atoms with E-state index in [2.05, 4.69) is 79.7 Å². The van der Waals surface area contributed by atoms with E-state index in [4.69, 9.17) is 4.74 Å². The molecular weight excluding hydrogens is 573 g/mol. The third-order valence-electron chi connectivity index (χ3n) is 7.28. The van der Waals surface area contributed by atoms with Crippen molar-refractivity contribution in [2.45, 2.75) is 97.1 Å². The van der Waals surface area contributed by atoms with Crippen molar-refractivity contribution in [1.29, 1.82) is 0 Å². The van der Waals surface area contributed by atoms with E-state index in [0.717, 1.165) is 24.2 Å². The van der Waals surface area contributed by atoms with Crippen LogP contribution < -0.4 is 4.74 Å². The normalized spacial score (nSPS) is 11.2. The molecule has 230 valence electrons. The molecule has 0 unspecified atom stereocenters. The standard InChI is InChI=1S/C19H17OS.C18H30O3S/c1-20-16-12-14-19(15-13-16)21(17-8-4-2-5-9-17)18-10-6-3-7-11-18;1-2-3-4-5-6-7-8-9-10-11-12-17-13-15-18(16-14-17)22(19,20)21/h2-15H,1H3;13-16H,2-12H2,1H3,(H,19,20,21)/q+1;/p-1. The van der Waals surface area contributed by atoms with Gasteiger partial charge in [-0.1, -0.05) is 113 Å². The second kappa shape index (κ2) is 19.3. The summed E-state index contributed by atoms with van der Waals surface area (Å²) in [5.74, 6) is 0.892. The van der Waals surface area contributed by atoms with Gasteiger partial charge in [0.25, 0.3) is 0 Å². The SMILES string of the molecule is CCCCCCCCCCCCc1ccc(S(=O)(=O)[O-])cc1.COc1ccc([S+](c2ccccc2)c2ccccc2)cc1. The predicted octanol–water partition coefficient (Wildman–Crippen LogP) is 9.84. The summed E-state index contributed by atoms with van der Waals surface area (Å²) in [7, 11) is -2.70. The Hall–Kier alpha value is -3.06. The number of benzene rings is 4. The molecule has 0 spiro atoms. The fraction of sp³-hybridized carbons (Fsp3) is 0.351. The highest BCUT2D eigenvalue weighted by molar-refractivity contribution is 7.97. The summed E-state index contributed by atoms with van der Waals surface area (Å²) >= 11 is 0. The van der Waals surface area contributed by atoms with E-state index in [1.54, 1.807) is 19.2 Å². The third kappa shape index (κ3) is 12.6. The summed E-state index contributed by atoms with van der Waals surface area (Å²) in [6.45, 7) is 2.24. The van der Waals surface area contributed by atoms with Gasteiger partial charge in [0.05, 0.1) is 22.9 Å². The summed E-state index contributed by atoms with van der Waals surface area (Å²) in [6.07, 6.45) is 14.0. The first-order valence-corrected chi connectivity index (χ1v) is 18.1. The molecule has 43 heavy (non-hydrogen) atoms. The maximum absolute atomic E-state index is 10.8. The molecule has 0 amide bonds. The maximum atomic E-state index is 10.8. The topological polar surface area (TPSA) is 66.4 Å². The quantitative estimate of drug-likeness (QED) is 0.0712. The molecule has 0 aliphatic carbocycles. The van der Waals surface area contributed by atoms with Gasteiger partial charge in [0.15, 0.2) is 14.7 Å². The van der Waals surface area contributed by atoms with E-state index in [-0.39, 0.29) is 15.8 Å². The van der Waals surface area contributed by atoms with E-state index >= 15 is 0 Å². The van der Waals surface area contributed by atoms with E-state index < -0.39 is 10.1 Å². The van der Waals surface area contributed by atoms with Gasteiger partial charge in [-0.3, -0.25) is 0 Å². The first-order chi connectivity index (χ1) is 20.9. The average molecular weight is 619 g/mol. The maximum Gasteiger partial charge on any atom is 0.166 e. The first-order valence-electron chi connectivity index (χ1n) is 15.5. The molecule has 0 saturated heterocycles. The van der Waals surface area contributed by atoms with Crippen molar-refractivity contribution in [3.63, 3.8) is 0 Å². The van der Waals surface area contributed by atoms with Crippen LogP contribution in [0.1, 0.15) is 76.7 Å². The number of ether oxygens (including phenoxy) is 1. The molecule has 6 heteroatoms. The highest BCUT2D eigenvalue weighted by Gasteiger charge is 2.28. The van der Waals surface area contributed by atoms with Crippen molar-refractivity contribution < 1.29 is 17.7 Å². The molecular formula is C37H46O4S2. The second-order valence-electron chi connectivity index (χ2n) is 10.6. The van der Waals surface area contributed by atoms with Crippen molar-refractivity contribution in [3.8, 4) is 5.75 Å². The summed E-state index contributed by atoms with van der Waals surface area (Å²) in [5, 5.41) is 0. The van der Waals surface area contributed by atoms with Gasteiger partial charge in [0.1, 0.15) is 15.9 Å². The van der Waals surface area contributed by atoms with Crippen molar-refractivity contribution in [3.05, 3.63) is 115 Å². The van der Waals surface area contributed by atoms with E-state index in [0.29, 0.717) is 0 Å². The van der Waals surface area contributed by atoms with Crippen LogP contribution in [0.25, 0.3) is 0 Å². The van der Waals surface area contributed by atoms with Crippen LogP contribution in [0.15, 0.2) is 129 Å². The molecule has 4 rings (SSSR count). The summed E-state index contributed by atoms with van der Waals surface area (Å²) in [5.41, 5.74) is 1.10. The Morgan fingerprint density at radius 3 is 1.47 bits per heavy atom. The van der Waals surface area contributed by atoms with Gasteiger partial charge in [0, 0.05) is 0 Å². The molecule has 0 heterocycles. The van der Waals surface area contributed by atoms with E-state index in [9.17, 15) is 13.0 Å². The fourth-order valence-corrected chi connectivity index (χ4v) is 7.43. The third-order valence-corrected chi connectivity index (χ3v) is 10.4. The molecule has 4 aromatic rings. The zero-order valence-corrected chi connectivity index (χ0v) is 27.3. The van der Waals surface area contributed by atoms with Crippen LogP contribution >= 0.6 is 0 Å². The Kier molecular flexibility index (Phi) is 15.4. The zero-order valence-electron chi connectivity index (χ0n) is 25.6. The van der Waals surface area contributed by atoms with Crippen LogP contribution in [0, 0.1) is 0 Å². The Morgan fingerprint density at radius 2 is 1.02 bits per heavy atom. The number of rotatable bonds is 16. The minimum Gasteiger partial charge on any atom is -0.744 e. The molecule has 0 aliphatic heterocycles. The van der Waals surface area contributed by atoms with Gasteiger partial charge in [-0.15, -0.1) is 0 Å². The van der Waals surface area contributed by atoms with Crippen LogP contribution in [0.2, 0.25) is 0 Å². The fourth-order valence-electron chi connectivity index (χ4n) is 4.87.